The highest BCUT2D eigenvalue weighted by molar-refractivity contribution is 5.96. The summed E-state index contributed by atoms with van der Waals surface area (Å²) in [6.07, 6.45) is 4.49. The van der Waals surface area contributed by atoms with Crippen LogP contribution in [0.25, 0.3) is 0 Å². The Morgan fingerprint density at radius 3 is 2.94 bits per heavy atom. The van der Waals surface area contributed by atoms with Gasteiger partial charge in [-0.1, -0.05) is 6.92 Å². The number of nitrogens with one attached hydrogen (secondary N) is 1. The van der Waals surface area contributed by atoms with Gasteiger partial charge in [0.05, 0.1) is 12.5 Å². The van der Waals surface area contributed by atoms with Crippen LogP contribution < -0.4 is 0 Å². The second-order valence-corrected chi connectivity index (χ2v) is 4.22. The largest absolute Gasteiger partial charge is 0.479 e. The van der Waals surface area contributed by atoms with Gasteiger partial charge in [-0.05, 0) is 19.3 Å². The number of hydrogen-bond donors (Lipinski definition) is 2. The number of amides is 1. The molecule has 6 nitrogen and oxygen atoms in total. The summed E-state index contributed by atoms with van der Waals surface area (Å²) >= 11 is 0. The smallest absolute Gasteiger partial charge is 0.329 e. The van der Waals surface area contributed by atoms with Gasteiger partial charge >= 0.3 is 5.97 Å². The van der Waals surface area contributed by atoms with E-state index in [4.69, 9.17) is 0 Å². The summed E-state index contributed by atoms with van der Waals surface area (Å²) in [4.78, 5) is 31.5. The zero-order valence-electron chi connectivity index (χ0n) is 9.64. The summed E-state index contributed by atoms with van der Waals surface area (Å²) in [5, 5.41) is 9.36. The van der Waals surface area contributed by atoms with Crippen LogP contribution in [0.1, 0.15) is 36.7 Å². The van der Waals surface area contributed by atoms with Crippen molar-refractivity contribution < 1.29 is 14.7 Å². The van der Waals surface area contributed by atoms with Gasteiger partial charge in [-0.2, -0.15) is 0 Å². The lowest BCUT2D eigenvalue weighted by Gasteiger charge is -2.33. The molecule has 17 heavy (non-hydrogen) atoms. The van der Waals surface area contributed by atoms with E-state index in [0.717, 1.165) is 6.42 Å². The molecule has 1 unspecified atom stereocenters. The van der Waals surface area contributed by atoms with E-state index in [9.17, 15) is 14.7 Å². The van der Waals surface area contributed by atoms with Crippen molar-refractivity contribution in [3.63, 3.8) is 0 Å². The van der Waals surface area contributed by atoms with Crippen LogP contribution in [0, 0.1) is 0 Å². The lowest BCUT2D eigenvalue weighted by atomic mass is 9.93. The molecular weight excluding hydrogens is 222 g/mol. The summed E-state index contributed by atoms with van der Waals surface area (Å²) in [6.45, 7) is 2.28. The van der Waals surface area contributed by atoms with Crippen molar-refractivity contribution in [3.8, 4) is 0 Å². The number of aromatic amines is 1. The summed E-state index contributed by atoms with van der Waals surface area (Å²) in [7, 11) is 0. The molecule has 1 aromatic heterocycles. The standard InChI is InChI=1S/C11H15N3O3/c1-2-11(10(16)17)4-3-5-14(11)9(15)8-6-12-7-13-8/h6-7H,2-5H2,1H3,(H,12,13)(H,16,17). The van der Waals surface area contributed by atoms with Gasteiger partial charge in [-0.15, -0.1) is 0 Å². The molecule has 0 saturated carbocycles. The number of rotatable bonds is 3. The molecule has 1 atom stereocenters. The normalized spacial score (nSPS) is 23.9. The molecule has 0 spiro atoms. The molecule has 1 aliphatic rings. The maximum absolute atomic E-state index is 12.2. The Hall–Kier alpha value is -1.85. The van der Waals surface area contributed by atoms with E-state index in [2.05, 4.69) is 9.97 Å². The van der Waals surface area contributed by atoms with Crippen LogP contribution in [0.15, 0.2) is 12.5 Å². The summed E-state index contributed by atoms with van der Waals surface area (Å²) in [6, 6.07) is 0. The quantitative estimate of drug-likeness (QED) is 0.817. The average molecular weight is 237 g/mol. The molecule has 2 rings (SSSR count). The van der Waals surface area contributed by atoms with Gasteiger partial charge in [0.1, 0.15) is 11.2 Å². The van der Waals surface area contributed by atoms with Crippen molar-refractivity contribution in [2.24, 2.45) is 0 Å². The molecule has 0 aromatic carbocycles. The predicted octanol–water partition coefficient (Wildman–Crippen LogP) is 0.879. The van der Waals surface area contributed by atoms with E-state index >= 15 is 0 Å². The van der Waals surface area contributed by atoms with Gasteiger partial charge in [0, 0.05) is 6.54 Å². The van der Waals surface area contributed by atoms with Gasteiger partial charge in [-0.3, -0.25) is 4.79 Å². The Balaban J connectivity index is 2.31. The number of carboxylic acids is 1. The predicted molar refractivity (Wildman–Crippen MR) is 59.5 cm³/mol. The Bertz CT molecular complexity index is 429. The van der Waals surface area contributed by atoms with Crippen LogP contribution in [-0.2, 0) is 4.79 Å². The molecule has 6 heteroatoms. The Kier molecular flexibility index (Phi) is 2.87. The van der Waals surface area contributed by atoms with E-state index in [1.807, 2.05) is 0 Å². The number of carbonyl (C=O) groups is 2. The maximum Gasteiger partial charge on any atom is 0.329 e. The van der Waals surface area contributed by atoms with Crippen molar-refractivity contribution in [2.75, 3.05) is 6.54 Å². The number of carbonyl (C=O) groups excluding carboxylic acids is 1. The molecule has 0 aliphatic carbocycles. The lowest BCUT2D eigenvalue weighted by Crippen LogP contribution is -2.52. The van der Waals surface area contributed by atoms with Crippen LogP contribution in [-0.4, -0.2) is 43.9 Å². The average Bonchev–Trinajstić information content (AvgIpc) is 2.97. The van der Waals surface area contributed by atoms with E-state index in [1.165, 1.54) is 17.4 Å². The topological polar surface area (TPSA) is 86.3 Å². The van der Waals surface area contributed by atoms with Crippen LogP contribution in [0.5, 0.6) is 0 Å². The molecule has 1 aromatic rings. The van der Waals surface area contributed by atoms with Crippen molar-refractivity contribution >= 4 is 11.9 Å². The Morgan fingerprint density at radius 1 is 1.65 bits per heavy atom. The summed E-state index contributed by atoms with van der Waals surface area (Å²) in [5.41, 5.74) is -0.715. The van der Waals surface area contributed by atoms with E-state index < -0.39 is 11.5 Å². The number of likely N-dealkylation sites (tertiary alicyclic amines) is 1. The fraction of sp³-hybridized carbons (Fsp3) is 0.545. The molecule has 0 bridgehead atoms. The number of carboxylic acid groups (broad SMARTS) is 1. The number of nitrogens with zero attached hydrogens (tertiary/aromatic N) is 2. The van der Waals surface area contributed by atoms with Crippen LogP contribution in [0.2, 0.25) is 0 Å². The Labute approximate surface area is 98.7 Å². The minimum Gasteiger partial charge on any atom is -0.479 e. The van der Waals surface area contributed by atoms with Gasteiger partial charge in [0.25, 0.3) is 5.91 Å². The SMILES string of the molecule is CCC1(C(=O)O)CCCN1C(=O)c1cnc[nH]1. The highest BCUT2D eigenvalue weighted by atomic mass is 16.4. The van der Waals surface area contributed by atoms with Gasteiger partial charge in [0.15, 0.2) is 0 Å². The third-order valence-electron chi connectivity index (χ3n) is 3.45. The molecule has 92 valence electrons. The Morgan fingerprint density at radius 2 is 2.41 bits per heavy atom. The fourth-order valence-electron chi connectivity index (χ4n) is 2.43. The first-order valence-electron chi connectivity index (χ1n) is 5.65. The first kappa shape index (κ1) is 11.6. The zero-order valence-corrected chi connectivity index (χ0v) is 9.64. The minimum absolute atomic E-state index is 0.288. The van der Waals surface area contributed by atoms with E-state index in [1.54, 1.807) is 6.92 Å². The molecule has 1 saturated heterocycles. The van der Waals surface area contributed by atoms with Gasteiger partial charge in [0.2, 0.25) is 0 Å². The van der Waals surface area contributed by atoms with Crippen LogP contribution in [0.3, 0.4) is 0 Å². The molecule has 1 aliphatic heterocycles. The van der Waals surface area contributed by atoms with Crippen molar-refractivity contribution in [1.29, 1.82) is 0 Å². The summed E-state index contributed by atoms with van der Waals surface area (Å²) < 4.78 is 0. The molecular formula is C11H15N3O3. The van der Waals surface area contributed by atoms with Crippen molar-refractivity contribution in [1.82, 2.24) is 14.9 Å². The van der Waals surface area contributed by atoms with Crippen molar-refractivity contribution in [2.45, 2.75) is 31.7 Å². The molecule has 2 heterocycles. The fourth-order valence-corrected chi connectivity index (χ4v) is 2.43. The second kappa shape index (κ2) is 4.20. The number of aliphatic carboxylic acids is 1. The van der Waals surface area contributed by atoms with Crippen molar-refractivity contribution in [3.05, 3.63) is 18.2 Å². The summed E-state index contributed by atoms with van der Waals surface area (Å²) in [5.74, 6) is -1.21. The monoisotopic (exact) mass is 237 g/mol. The number of aromatic nitrogens is 2. The molecule has 2 N–H and O–H groups in total. The van der Waals surface area contributed by atoms with Gasteiger partial charge < -0.3 is 15.0 Å². The molecule has 1 amide bonds. The second-order valence-electron chi connectivity index (χ2n) is 4.22. The van der Waals surface area contributed by atoms with E-state index in [-0.39, 0.29) is 5.91 Å². The maximum atomic E-state index is 12.2. The number of H-pyrrole nitrogens is 1. The van der Waals surface area contributed by atoms with Crippen LogP contribution >= 0.6 is 0 Å². The lowest BCUT2D eigenvalue weighted by molar-refractivity contribution is -0.148. The number of hydrogen-bond acceptors (Lipinski definition) is 3. The van der Waals surface area contributed by atoms with E-state index in [0.29, 0.717) is 25.1 Å². The first-order chi connectivity index (χ1) is 8.12. The zero-order chi connectivity index (χ0) is 12.5. The highest BCUT2D eigenvalue weighted by Gasteiger charge is 2.48. The van der Waals surface area contributed by atoms with Gasteiger partial charge in [-0.25, -0.2) is 9.78 Å². The first-order valence-corrected chi connectivity index (χ1v) is 5.65. The highest BCUT2D eigenvalue weighted by Crippen LogP contribution is 2.33. The third-order valence-corrected chi connectivity index (χ3v) is 3.45. The molecule has 0 radical (unpaired) electrons. The van der Waals surface area contributed by atoms with Crippen LogP contribution in [0.4, 0.5) is 0 Å². The number of imidazole rings is 1. The third kappa shape index (κ3) is 1.69. The molecule has 1 fully saturated rings. The minimum atomic E-state index is -1.05.